The molecular formula is C17H15ClN2O. The Kier molecular flexibility index (Phi) is 3.67. The summed E-state index contributed by atoms with van der Waals surface area (Å²) in [5, 5.41) is 14.5. The molecule has 0 fully saturated rings. The third-order valence-corrected chi connectivity index (χ3v) is 3.65. The summed E-state index contributed by atoms with van der Waals surface area (Å²) >= 11 is 6.17. The van der Waals surface area contributed by atoms with Crippen molar-refractivity contribution in [1.29, 1.82) is 0 Å². The number of aromatic nitrogens is 1. The van der Waals surface area contributed by atoms with Crippen molar-refractivity contribution >= 4 is 28.2 Å². The van der Waals surface area contributed by atoms with Crippen LogP contribution in [0.15, 0.2) is 54.7 Å². The highest BCUT2D eigenvalue weighted by molar-refractivity contribution is 6.31. The van der Waals surface area contributed by atoms with Gasteiger partial charge in [0.05, 0.1) is 11.2 Å². The normalized spacial score (nSPS) is 12.3. The zero-order chi connectivity index (χ0) is 14.8. The van der Waals surface area contributed by atoms with Crippen LogP contribution in [-0.2, 0) is 0 Å². The quantitative estimate of drug-likeness (QED) is 0.732. The summed E-state index contributed by atoms with van der Waals surface area (Å²) in [6.07, 6.45) is 1.77. The molecule has 0 aliphatic rings. The maximum Gasteiger partial charge on any atom is 0.115 e. The summed E-state index contributed by atoms with van der Waals surface area (Å²) < 4.78 is 0. The predicted molar refractivity (Wildman–Crippen MR) is 86.9 cm³/mol. The third-order valence-electron chi connectivity index (χ3n) is 3.43. The predicted octanol–water partition coefficient (Wildman–Crippen LogP) is 4.77. The van der Waals surface area contributed by atoms with Gasteiger partial charge in [-0.3, -0.25) is 4.98 Å². The maximum atomic E-state index is 9.36. The molecule has 1 unspecified atom stereocenters. The minimum atomic E-state index is 0.0780. The Balaban J connectivity index is 1.95. The number of nitrogens with one attached hydrogen (secondary N) is 1. The number of aromatic hydroxyl groups is 1. The average molecular weight is 299 g/mol. The van der Waals surface area contributed by atoms with Crippen molar-refractivity contribution in [2.75, 3.05) is 5.32 Å². The molecular weight excluding hydrogens is 284 g/mol. The highest BCUT2D eigenvalue weighted by atomic mass is 35.5. The molecule has 2 N–H and O–H groups in total. The van der Waals surface area contributed by atoms with E-state index in [-0.39, 0.29) is 11.8 Å². The van der Waals surface area contributed by atoms with E-state index >= 15 is 0 Å². The van der Waals surface area contributed by atoms with Crippen LogP contribution < -0.4 is 5.32 Å². The first-order valence-electron chi connectivity index (χ1n) is 6.73. The number of phenols is 1. The molecule has 106 valence electrons. The molecule has 3 nitrogen and oxygen atoms in total. The van der Waals surface area contributed by atoms with Crippen molar-refractivity contribution in [3.05, 3.63) is 65.3 Å². The molecule has 4 heteroatoms. The van der Waals surface area contributed by atoms with Crippen molar-refractivity contribution in [3.63, 3.8) is 0 Å². The van der Waals surface area contributed by atoms with Gasteiger partial charge in [0.1, 0.15) is 5.75 Å². The molecule has 0 spiro atoms. The number of rotatable bonds is 3. The van der Waals surface area contributed by atoms with E-state index in [1.165, 1.54) is 0 Å². The summed E-state index contributed by atoms with van der Waals surface area (Å²) in [6, 6.07) is 14.9. The van der Waals surface area contributed by atoms with Crippen LogP contribution in [0.3, 0.4) is 0 Å². The smallest absolute Gasteiger partial charge is 0.115 e. The monoisotopic (exact) mass is 298 g/mol. The zero-order valence-electron chi connectivity index (χ0n) is 11.5. The Morgan fingerprint density at radius 2 is 1.90 bits per heavy atom. The lowest BCUT2D eigenvalue weighted by atomic mass is 10.1. The van der Waals surface area contributed by atoms with Crippen molar-refractivity contribution in [2.24, 2.45) is 0 Å². The molecule has 3 rings (SSSR count). The first kappa shape index (κ1) is 13.7. The van der Waals surface area contributed by atoms with Crippen LogP contribution in [-0.4, -0.2) is 10.1 Å². The number of halogens is 1. The first-order chi connectivity index (χ1) is 10.1. The van der Waals surface area contributed by atoms with Crippen molar-refractivity contribution < 1.29 is 5.11 Å². The SMILES string of the molecule is CC(Nc1cc(Cl)cc2cccnc12)c1ccc(O)cc1. The van der Waals surface area contributed by atoms with Crippen LogP contribution in [0.5, 0.6) is 5.75 Å². The van der Waals surface area contributed by atoms with Gasteiger partial charge in [0.15, 0.2) is 0 Å². The van der Waals surface area contributed by atoms with Crippen LogP contribution in [0.2, 0.25) is 5.02 Å². The first-order valence-corrected chi connectivity index (χ1v) is 7.11. The number of pyridine rings is 1. The fourth-order valence-electron chi connectivity index (χ4n) is 2.35. The average Bonchev–Trinajstić information content (AvgIpc) is 2.47. The Labute approximate surface area is 128 Å². The number of phenolic OH excluding ortho intramolecular Hbond substituents is 1. The van der Waals surface area contributed by atoms with Gasteiger partial charge in [-0.1, -0.05) is 29.8 Å². The van der Waals surface area contributed by atoms with Crippen LogP contribution in [0, 0.1) is 0 Å². The number of hydrogen-bond donors (Lipinski definition) is 2. The van der Waals surface area contributed by atoms with Crippen molar-refractivity contribution in [1.82, 2.24) is 4.98 Å². The highest BCUT2D eigenvalue weighted by Crippen LogP contribution is 2.29. The molecule has 1 heterocycles. The van der Waals surface area contributed by atoms with Crippen molar-refractivity contribution in [2.45, 2.75) is 13.0 Å². The van der Waals surface area contributed by atoms with E-state index in [0.717, 1.165) is 22.2 Å². The van der Waals surface area contributed by atoms with Gasteiger partial charge in [-0.15, -0.1) is 0 Å². The molecule has 0 aliphatic heterocycles. The summed E-state index contributed by atoms with van der Waals surface area (Å²) in [5.41, 5.74) is 2.88. The lowest BCUT2D eigenvalue weighted by Gasteiger charge is -2.17. The zero-order valence-corrected chi connectivity index (χ0v) is 12.3. The summed E-state index contributed by atoms with van der Waals surface area (Å²) in [7, 11) is 0. The van der Waals surface area contributed by atoms with Gasteiger partial charge in [0.2, 0.25) is 0 Å². The molecule has 0 saturated carbocycles. The molecule has 0 bridgehead atoms. The molecule has 0 saturated heterocycles. The standard InChI is InChI=1S/C17H15ClN2O/c1-11(12-4-6-15(21)7-5-12)20-16-10-14(18)9-13-3-2-8-19-17(13)16/h2-11,20-21H,1H3. The second-order valence-electron chi connectivity index (χ2n) is 4.99. The van der Waals surface area contributed by atoms with Crippen molar-refractivity contribution in [3.8, 4) is 5.75 Å². The Morgan fingerprint density at radius 1 is 1.14 bits per heavy atom. The van der Waals surface area contributed by atoms with Crippen LogP contribution in [0.4, 0.5) is 5.69 Å². The summed E-state index contributed by atoms with van der Waals surface area (Å²) in [5.74, 6) is 0.265. The van der Waals surface area contributed by atoms with Crippen LogP contribution >= 0.6 is 11.6 Å². The van der Waals surface area contributed by atoms with Gasteiger partial charge in [0, 0.05) is 22.6 Å². The minimum Gasteiger partial charge on any atom is -0.508 e. The summed E-state index contributed by atoms with van der Waals surface area (Å²) in [6.45, 7) is 2.06. The molecule has 1 atom stereocenters. The second-order valence-corrected chi connectivity index (χ2v) is 5.42. The Morgan fingerprint density at radius 3 is 2.67 bits per heavy atom. The fraction of sp³-hybridized carbons (Fsp3) is 0.118. The number of benzene rings is 2. The number of hydrogen-bond acceptors (Lipinski definition) is 3. The molecule has 0 amide bonds. The largest absolute Gasteiger partial charge is 0.508 e. The van der Waals surface area contributed by atoms with Gasteiger partial charge in [-0.2, -0.15) is 0 Å². The van der Waals surface area contributed by atoms with Crippen LogP contribution in [0.25, 0.3) is 10.9 Å². The Bertz CT molecular complexity index is 771. The molecule has 1 aromatic heterocycles. The van der Waals surface area contributed by atoms with E-state index in [0.29, 0.717) is 5.02 Å². The van der Waals surface area contributed by atoms with Gasteiger partial charge >= 0.3 is 0 Å². The van der Waals surface area contributed by atoms with Gasteiger partial charge in [-0.25, -0.2) is 0 Å². The van der Waals surface area contributed by atoms with E-state index in [4.69, 9.17) is 11.6 Å². The Hall–Kier alpha value is -2.26. The molecule has 2 aromatic carbocycles. The number of anilines is 1. The lowest BCUT2D eigenvalue weighted by Crippen LogP contribution is -2.07. The topological polar surface area (TPSA) is 45.2 Å². The van der Waals surface area contributed by atoms with E-state index in [2.05, 4.69) is 17.2 Å². The van der Waals surface area contributed by atoms with E-state index in [9.17, 15) is 5.11 Å². The van der Waals surface area contributed by atoms with E-state index in [1.807, 2.05) is 36.4 Å². The molecule has 0 radical (unpaired) electrons. The lowest BCUT2D eigenvalue weighted by molar-refractivity contribution is 0.475. The number of fused-ring (bicyclic) bond motifs is 1. The fourth-order valence-corrected chi connectivity index (χ4v) is 2.57. The van der Waals surface area contributed by atoms with Gasteiger partial charge in [-0.05, 0) is 42.8 Å². The van der Waals surface area contributed by atoms with Gasteiger partial charge < -0.3 is 10.4 Å². The second kappa shape index (κ2) is 5.62. The van der Waals surface area contributed by atoms with E-state index < -0.39 is 0 Å². The minimum absolute atomic E-state index is 0.0780. The molecule has 21 heavy (non-hydrogen) atoms. The maximum absolute atomic E-state index is 9.36. The van der Waals surface area contributed by atoms with Crippen LogP contribution in [0.1, 0.15) is 18.5 Å². The summed E-state index contributed by atoms with van der Waals surface area (Å²) in [4.78, 5) is 4.42. The highest BCUT2D eigenvalue weighted by Gasteiger charge is 2.09. The molecule has 3 aromatic rings. The molecule has 0 aliphatic carbocycles. The van der Waals surface area contributed by atoms with Gasteiger partial charge in [0.25, 0.3) is 0 Å². The number of nitrogens with zero attached hydrogens (tertiary/aromatic N) is 1. The van der Waals surface area contributed by atoms with E-state index in [1.54, 1.807) is 18.3 Å². The third kappa shape index (κ3) is 2.93.